The van der Waals surface area contributed by atoms with Gasteiger partial charge in [-0.05, 0) is 38.5 Å². The number of hydrogen-bond acceptors (Lipinski definition) is 3. The molecule has 0 saturated carbocycles. The maximum Gasteiger partial charge on any atom is 0.257 e. The number of rotatable bonds is 2. The molecule has 0 aliphatic rings. The molecule has 94 valence electrons. The molecule has 2 rings (SSSR count). The van der Waals surface area contributed by atoms with Gasteiger partial charge in [-0.15, -0.1) is 11.3 Å². The van der Waals surface area contributed by atoms with E-state index in [1.54, 1.807) is 18.2 Å². The molecule has 3 nitrogen and oxygen atoms in total. The predicted octanol–water partition coefficient (Wildman–Crippen LogP) is 3.97. The van der Waals surface area contributed by atoms with Gasteiger partial charge in [0.05, 0.1) is 5.69 Å². The molecule has 1 aromatic carbocycles. The number of amides is 1. The van der Waals surface area contributed by atoms with Crippen molar-refractivity contribution in [2.24, 2.45) is 0 Å². The van der Waals surface area contributed by atoms with Gasteiger partial charge < -0.3 is 0 Å². The second-order valence-corrected chi connectivity index (χ2v) is 5.64. The van der Waals surface area contributed by atoms with Gasteiger partial charge in [0.15, 0.2) is 5.13 Å². The first kappa shape index (κ1) is 13.1. The van der Waals surface area contributed by atoms with E-state index in [2.05, 4.69) is 10.3 Å². The minimum absolute atomic E-state index is 0.177. The first-order valence-corrected chi connectivity index (χ1v) is 6.69. The molecule has 1 amide bonds. The zero-order valence-corrected chi connectivity index (χ0v) is 11.9. The summed E-state index contributed by atoms with van der Waals surface area (Å²) in [5.41, 5.74) is 2.30. The lowest BCUT2D eigenvalue weighted by molar-refractivity contribution is 0.102. The number of aryl methyl sites for hydroxylation is 2. The van der Waals surface area contributed by atoms with E-state index in [0.29, 0.717) is 15.7 Å². The molecule has 0 bridgehead atoms. The van der Waals surface area contributed by atoms with Crippen molar-refractivity contribution >= 4 is 34.0 Å². The van der Waals surface area contributed by atoms with Crippen LogP contribution in [-0.2, 0) is 0 Å². The van der Waals surface area contributed by atoms with Crippen LogP contribution in [-0.4, -0.2) is 10.9 Å². The lowest BCUT2D eigenvalue weighted by atomic mass is 10.1. The molecule has 0 unspecified atom stereocenters. The summed E-state index contributed by atoms with van der Waals surface area (Å²) in [7, 11) is 0. The molecule has 1 aromatic heterocycles. The quantitative estimate of drug-likeness (QED) is 0.904. The van der Waals surface area contributed by atoms with Crippen LogP contribution in [0.3, 0.4) is 0 Å². The average Bonchev–Trinajstić information content (AvgIpc) is 2.61. The van der Waals surface area contributed by atoms with E-state index in [9.17, 15) is 4.79 Å². The van der Waals surface area contributed by atoms with E-state index in [4.69, 9.17) is 11.6 Å². The minimum Gasteiger partial charge on any atom is -0.298 e. The van der Waals surface area contributed by atoms with E-state index in [1.165, 1.54) is 11.3 Å². The summed E-state index contributed by atoms with van der Waals surface area (Å²) in [6.45, 7) is 5.73. The zero-order chi connectivity index (χ0) is 13.3. The van der Waals surface area contributed by atoms with Gasteiger partial charge in [-0.25, -0.2) is 4.98 Å². The molecule has 1 N–H and O–H groups in total. The second kappa shape index (κ2) is 5.08. The van der Waals surface area contributed by atoms with Gasteiger partial charge in [0, 0.05) is 15.5 Å². The number of carbonyl (C=O) groups is 1. The number of nitrogens with zero attached hydrogens (tertiary/aromatic N) is 1. The third kappa shape index (κ3) is 2.54. The summed E-state index contributed by atoms with van der Waals surface area (Å²) < 4.78 is 0. The molecular weight excluding hydrogens is 268 g/mol. The smallest absolute Gasteiger partial charge is 0.257 e. The second-order valence-electron chi connectivity index (χ2n) is 4.03. The van der Waals surface area contributed by atoms with Crippen LogP contribution >= 0.6 is 22.9 Å². The molecular formula is C13H13ClN2OS. The van der Waals surface area contributed by atoms with Crippen molar-refractivity contribution in [3.63, 3.8) is 0 Å². The molecule has 0 spiro atoms. The summed E-state index contributed by atoms with van der Waals surface area (Å²) in [6, 6.07) is 5.29. The van der Waals surface area contributed by atoms with Gasteiger partial charge in [0.25, 0.3) is 5.91 Å². The lowest BCUT2D eigenvalue weighted by Gasteiger charge is -2.06. The van der Waals surface area contributed by atoms with Crippen molar-refractivity contribution in [1.82, 2.24) is 4.98 Å². The fourth-order valence-electron chi connectivity index (χ4n) is 1.54. The maximum absolute atomic E-state index is 12.1. The highest BCUT2D eigenvalue weighted by atomic mass is 35.5. The van der Waals surface area contributed by atoms with E-state index < -0.39 is 0 Å². The Balaban J connectivity index is 2.24. The van der Waals surface area contributed by atoms with Crippen molar-refractivity contribution in [2.75, 3.05) is 5.32 Å². The number of carbonyl (C=O) groups excluding carboxylic acids is 1. The van der Waals surface area contributed by atoms with E-state index >= 15 is 0 Å². The fraction of sp³-hybridized carbons (Fsp3) is 0.231. The van der Waals surface area contributed by atoms with E-state index in [-0.39, 0.29) is 5.91 Å². The highest BCUT2D eigenvalue weighted by molar-refractivity contribution is 7.15. The Morgan fingerprint density at radius 1 is 1.33 bits per heavy atom. The average molecular weight is 281 g/mol. The number of thiazole rings is 1. The van der Waals surface area contributed by atoms with Gasteiger partial charge in [0.2, 0.25) is 0 Å². The van der Waals surface area contributed by atoms with Gasteiger partial charge in [-0.1, -0.05) is 17.7 Å². The van der Waals surface area contributed by atoms with Crippen LogP contribution < -0.4 is 5.32 Å². The number of halogens is 1. The van der Waals surface area contributed by atoms with Gasteiger partial charge in [0.1, 0.15) is 0 Å². The Labute approximate surface area is 115 Å². The standard InChI is InChI=1S/C13H13ClN2OS/c1-7-10(5-4-6-11(7)14)12(17)16-13-15-8(2)9(3)18-13/h4-6H,1-3H3,(H,15,16,17). The van der Waals surface area contributed by atoms with Crippen LogP contribution in [0.15, 0.2) is 18.2 Å². The normalized spacial score (nSPS) is 10.4. The van der Waals surface area contributed by atoms with E-state index in [0.717, 1.165) is 16.1 Å². The molecule has 0 aliphatic heterocycles. The fourth-order valence-corrected chi connectivity index (χ4v) is 2.53. The summed E-state index contributed by atoms with van der Waals surface area (Å²) in [5.74, 6) is -0.177. The number of benzene rings is 1. The number of aromatic nitrogens is 1. The third-order valence-corrected chi connectivity index (χ3v) is 4.16. The highest BCUT2D eigenvalue weighted by Gasteiger charge is 2.13. The van der Waals surface area contributed by atoms with Crippen LogP contribution in [0.4, 0.5) is 5.13 Å². The summed E-state index contributed by atoms with van der Waals surface area (Å²) in [6.07, 6.45) is 0. The predicted molar refractivity (Wildman–Crippen MR) is 75.7 cm³/mol. The Morgan fingerprint density at radius 3 is 2.67 bits per heavy atom. The van der Waals surface area contributed by atoms with Crippen molar-refractivity contribution in [3.05, 3.63) is 44.9 Å². The van der Waals surface area contributed by atoms with Crippen LogP contribution in [0.5, 0.6) is 0 Å². The molecule has 0 fully saturated rings. The van der Waals surface area contributed by atoms with Crippen LogP contribution in [0.25, 0.3) is 0 Å². The van der Waals surface area contributed by atoms with Crippen LogP contribution in [0.1, 0.15) is 26.5 Å². The topological polar surface area (TPSA) is 42.0 Å². The first-order valence-electron chi connectivity index (χ1n) is 5.49. The van der Waals surface area contributed by atoms with Crippen molar-refractivity contribution in [2.45, 2.75) is 20.8 Å². The number of hydrogen-bond donors (Lipinski definition) is 1. The molecule has 0 atom stereocenters. The van der Waals surface area contributed by atoms with Crippen molar-refractivity contribution in [3.8, 4) is 0 Å². The summed E-state index contributed by atoms with van der Waals surface area (Å²) in [4.78, 5) is 17.5. The Kier molecular flexibility index (Phi) is 3.68. The molecule has 0 radical (unpaired) electrons. The molecule has 0 saturated heterocycles. The number of anilines is 1. The minimum atomic E-state index is -0.177. The largest absolute Gasteiger partial charge is 0.298 e. The van der Waals surface area contributed by atoms with Crippen LogP contribution in [0, 0.1) is 20.8 Å². The van der Waals surface area contributed by atoms with E-state index in [1.807, 2.05) is 20.8 Å². The van der Waals surface area contributed by atoms with Crippen LogP contribution in [0.2, 0.25) is 5.02 Å². The Hall–Kier alpha value is -1.39. The summed E-state index contributed by atoms with van der Waals surface area (Å²) >= 11 is 7.47. The molecule has 2 aromatic rings. The Morgan fingerprint density at radius 2 is 2.06 bits per heavy atom. The highest BCUT2D eigenvalue weighted by Crippen LogP contribution is 2.23. The first-order chi connectivity index (χ1) is 8.49. The van der Waals surface area contributed by atoms with Gasteiger partial charge in [-0.3, -0.25) is 10.1 Å². The molecule has 1 heterocycles. The molecule has 0 aliphatic carbocycles. The maximum atomic E-state index is 12.1. The van der Waals surface area contributed by atoms with Gasteiger partial charge >= 0.3 is 0 Å². The van der Waals surface area contributed by atoms with Gasteiger partial charge in [-0.2, -0.15) is 0 Å². The number of nitrogens with one attached hydrogen (secondary N) is 1. The summed E-state index contributed by atoms with van der Waals surface area (Å²) in [5, 5.41) is 4.01. The van der Waals surface area contributed by atoms with Crippen molar-refractivity contribution < 1.29 is 4.79 Å². The monoisotopic (exact) mass is 280 g/mol. The third-order valence-electron chi connectivity index (χ3n) is 2.76. The Bertz CT molecular complexity index is 588. The molecule has 18 heavy (non-hydrogen) atoms. The SMILES string of the molecule is Cc1nc(NC(=O)c2cccc(Cl)c2C)sc1C. The molecule has 5 heteroatoms. The zero-order valence-electron chi connectivity index (χ0n) is 10.4. The van der Waals surface area contributed by atoms with Crippen molar-refractivity contribution in [1.29, 1.82) is 0 Å². The lowest BCUT2D eigenvalue weighted by Crippen LogP contribution is -2.13.